The predicted molar refractivity (Wildman–Crippen MR) is 349 cm³/mol. The largest absolute Gasteiger partial charge is 0.472 e. The number of ether oxygens (including phenoxy) is 4. The van der Waals surface area contributed by atoms with Crippen LogP contribution in [0.4, 0.5) is 0 Å². The first-order valence-corrected chi connectivity index (χ1v) is 38.5. The number of carbonyl (C=O) groups is 4. The second-order valence-electron chi connectivity index (χ2n) is 25.5. The molecule has 516 valence electrons. The van der Waals surface area contributed by atoms with E-state index in [1.807, 2.05) is 0 Å². The Morgan fingerprint density at radius 1 is 0.310 bits per heavy atom. The molecule has 0 aliphatic carbocycles. The third-order valence-electron chi connectivity index (χ3n) is 15.7. The summed E-state index contributed by atoms with van der Waals surface area (Å²) in [5, 5.41) is 10.6. The summed E-state index contributed by atoms with van der Waals surface area (Å²) < 4.78 is 68.1. The fourth-order valence-corrected chi connectivity index (χ4v) is 11.8. The molecule has 0 heterocycles. The normalized spacial score (nSPS) is 14.2. The molecule has 0 amide bonds. The lowest BCUT2D eigenvalue weighted by molar-refractivity contribution is -0.161. The van der Waals surface area contributed by atoms with Crippen molar-refractivity contribution in [2.45, 2.75) is 362 Å². The van der Waals surface area contributed by atoms with E-state index in [0.717, 1.165) is 95.8 Å². The Bertz CT molecular complexity index is 1700. The first-order valence-electron chi connectivity index (χ1n) is 35.5. The summed E-state index contributed by atoms with van der Waals surface area (Å²) in [5.74, 6) is -0.656. The van der Waals surface area contributed by atoms with E-state index in [-0.39, 0.29) is 25.7 Å². The van der Waals surface area contributed by atoms with Gasteiger partial charge in [-0.15, -0.1) is 0 Å². The van der Waals surface area contributed by atoms with Crippen molar-refractivity contribution in [3.05, 3.63) is 0 Å². The van der Waals surface area contributed by atoms with Crippen molar-refractivity contribution in [3.63, 3.8) is 0 Å². The molecule has 87 heavy (non-hydrogen) atoms. The van der Waals surface area contributed by atoms with Gasteiger partial charge in [0.15, 0.2) is 12.2 Å². The van der Waals surface area contributed by atoms with E-state index in [4.69, 9.17) is 37.0 Å². The molecule has 2 unspecified atom stereocenters. The van der Waals surface area contributed by atoms with Crippen LogP contribution in [-0.2, 0) is 65.4 Å². The van der Waals surface area contributed by atoms with Gasteiger partial charge in [-0.25, -0.2) is 9.13 Å². The fraction of sp³-hybridized carbons (Fsp3) is 0.941. The summed E-state index contributed by atoms with van der Waals surface area (Å²) >= 11 is 0. The summed E-state index contributed by atoms with van der Waals surface area (Å²) in [4.78, 5) is 72.4. The molecule has 0 fully saturated rings. The molecule has 19 heteroatoms. The van der Waals surface area contributed by atoms with Crippen LogP contribution >= 0.6 is 15.6 Å². The highest BCUT2D eigenvalue weighted by Crippen LogP contribution is 2.45. The highest BCUT2D eigenvalue weighted by molar-refractivity contribution is 7.47. The Morgan fingerprint density at radius 3 is 0.782 bits per heavy atom. The van der Waals surface area contributed by atoms with Crippen LogP contribution in [0.5, 0.6) is 0 Å². The SMILES string of the molecule is CCCCCCCCCCCCCCCC(=O)OC[C@H](COP(=O)(O)OC[C@@H](O)COP(=O)(O)OC[C@@H](COC(=O)CCCCCCCCCCC)OC(=O)CCCCCCCCCC(C)C)OC(=O)CCCCCCCCCCCCCCC(C)C. The molecule has 17 nitrogen and oxygen atoms in total. The lowest BCUT2D eigenvalue weighted by Gasteiger charge is -2.21. The van der Waals surface area contributed by atoms with E-state index >= 15 is 0 Å². The second-order valence-corrected chi connectivity index (χ2v) is 28.4. The number of phosphoric ester groups is 2. The molecule has 0 saturated carbocycles. The van der Waals surface area contributed by atoms with Gasteiger partial charge in [0, 0.05) is 25.7 Å². The van der Waals surface area contributed by atoms with Crippen LogP contribution in [0.15, 0.2) is 0 Å². The number of aliphatic hydroxyl groups is 1. The average Bonchev–Trinajstić information content (AvgIpc) is 3.69. The molecule has 5 atom stereocenters. The van der Waals surface area contributed by atoms with Gasteiger partial charge in [-0.05, 0) is 37.5 Å². The Labute approximate surface area is 530 Å². The van der Waals surface area contributed by atoms with E-state index < -0.39 is 97.5 Å². The van der Waals surface area contributed by atoms with Crippen molar-refractivity contribution < 1.29 is 80.2 Å². The van der Waals surface area contributed by atoms with Crippen LogP contribution in [0.3, 0.4) is 0 Å². The number of unbranched alkanes of at least 4 members (excludes halogenated alkanes) is 37. The highest BCUT2D eigenvalue weighted by Gasteiger charge is 2.30. The average molecular weight is 1280 g/mol. The lowest BCUT2D eigenvalue weighted by Crippen LogP contribution is -2.30. The summed E-state index contributed by atoms with van der Waals surface area (Å²) in [6, 6.07) is 0. The molecule has 0 aromatic carbocycles. The molecule has 0 aromatic heterocycles. The topological polar surface area (TPSA) is 237 Å². The summed E-state index contributed by atoms with van der Waals surface area (Å²) in [6.45, 7) is 9.46. The first-order chi connectivity index (χ1) is 41.9. The van der Waals surface area contributed by atoms with Crippen molar-refractivity contribution in [2.24, 2.45) is 11.8 Å². The molecule has 0 aliphatic heterocycles. The van der Waals surface area contributed by atoms with Crippen LogP contribution in [0.2, 0.25) is 0 Å². The molecule has 0 radical (unpaired) electrons. The van der Waals surface area contributed by atoms with Gasteiger partial charge < -0.3 is 33.8 Å². The minimum atomic E-state index is -4.95. The molecule has 0 aromatic rings. The molecular formula is C68H132O17P2. The number of esters is 4. The maximum Gasteiger partial charge on any atom is 0.472 e. The Kier molecular flexibility index (Phi) is 59.0. The quantitative estimate of drug-likeness (QED) is 0.0222. The zero-order valence-electron chi connectivity index (χ0n) is 56.3. The first kappa shape index (κ1) is 85.1. The van der Waals surface area contributed by atoms with Gasteiger partial charge in [0.25, 0.3) is 0 Å². The fourth-order valence-electron chi connectivity index (χ4n) is 10.2. The summed E-state index contributed by atoms with van der Waals surface area (Å²) in [6.07, 6.45) is 44.4. The summed E-state index contributed by atoms with van der Waals surface area (Å²) in [5.41, 5.74) is 0. The molecule has 0 rings (SSSR count). The van der Waals surface area contributed by atoms with Gasteiger partial charge in [0.2, 0.25) is 0 Å². The third kappa shape index (κ3) is 62.6. The van der Waals surface area contributed by atoms with Crippen LogP contribution in [0, 0.1) is 11.8 Å². The summed E-state index contributed by atoms with van der Waals surface area (Å²) in [7, 11) is -9.89. The Morgan fingerprint density at radius 2 is 0.529 bits per heavy atom. The van der Waals surface area contributed by atoms with Gasteiger partial charge in [0.1, 0.15) is 19.3 Å². The monoisotopic (exact) mass is 1280 g/mol. The van der Waals surface area contributed by atoms with Gasteiger partial charge in [-0.1, -0.05) is 292 Å². The van der Waals surface area contributed by atoms with Crippen molar-refractivity contribution in [2.75, 3.05) is 39.6 Å². The zero-order chi connectivity index (χ0) is 64.3. The number of carbonyl (C=O) groups excluding carboxylic acids is 4. The number of rotatable bonds is 67. The maximum atomic E-state index is 13.0. The van der Waals surface area contributed by atoms with Crippen molar-refractivity contribution in [1.29, 1.82) is 0 Å². The predicted octanol–water partition coefficient (Wildman–Crippen LogP) is 19.2. The molecule has 0 spiro atoms. The third-order valence-corrected chi connectivity index (χ3v) is 17.6. The van der Waals surface area contributed by atoms with Crippen LogP contribution in [0.25, 0.3) is 0 Å². The van der Waals surface area contributed by atoms with E-state index in [1.165, 1.54) is 161 Å². The Hall–Kier alpha value is -1.94. The Balaban J connectivity index is 5.23. The molecule has 0 bridgehead atoms. The van der Waals surface area contributed by atoms with Crippen LogP contribution in [-0.4, -0.2) is 96.7 Å². The second kappa shape index (κ2) is 60.3. The van der Waals surface area contributed by atoms with Gasteiger partial charge in [0.05, 0.1) is 26.4 Å². The molecule has 0 aliphatic rings. The van der Waals surface area contributed by atoms with Gasteiger partial charge in [-0.2, -0.15) is 0 Å². The van der Waals surface area contributed by atoms with Crippen molar-refractivity contribution in [1.82, 2.24) is 0 Å². The number of phosphoric acid groups is 2. The molecule has 3 N–H and O–H groups in total. The van der Waals surface area contributed by atoms with Crippen molar-refractivity contribution >= 4 is 39.5 Å². The van der Waals surface area contributed by atoms with E-state index in [0.29, 0.717) is 31.6 Å². The standard InChI is InChI=1S/C68H132O17P2/c1-7-9-11-13-15-17-18-19-23-27-33-39-45-51-66(71)79-56-63(84-67(72)52-46-40-34-28-24-21-20-22-26-30-36-42-48-60(3)4)58-82-86(74,75)80-54-62(69)55-81-87(76,77)83-59-64(57-78-65(70)50-44-38-32-25-16-14-12-10-8-2)85-68(73)53-47-41-35-29-31-37-43-49-61(5)6/h60-64,69H,7-59H2,1-6H3,(H,74,75)(H,76,77)/t62-,63-,64-/m1/s1. The van der Waals surface area contributed by atoms with Crippen LogP contribution in [0.1, 0.15) is 343 Å². The number of hydrogen-bond acceptors (Lipinski definition) is 15. The number of aliphatic hydroxyl groups excluding tert-OH is 1. The number of hydrogen-bond donors (Lipinski definition) is 3. The van der Waals surface area contributed by atoms with Crippen LogP contribution < -0.4 is 0 Å². The molecular weight excluding hydrogens is 1150 g/mol. The molecule has 0 saturated heterocycles. The lowest BCUT2D eigenvalue weighted by atomic mass is 10.0. The van der Waals surface area contributed by atoms with Gasteiger partial charge >= 0.3 is 39.5 Å². The van der Waals surface area contributed by atoms with E-state index in [9.17, 15) is 43.2 Å². The minimum Gasteiger partial charge on any atom is -0.462 e. The maximum absolute atomic E-state index is 13.0. The smallest absolute Gasteiger partial charge is 0.462 e. The zero-order valence-corrected chi connectivity index (χ0v) is 58.1. The van der Waals surface area contributed by atoms with E-state index in [1.54, 1.807) is 0 Å². The minimum absolute atomic E-state index is 0.103. The van der Waals surface area contributed by atoms with Gasteiger partial charge in [-0.3, -0.25) is 37.3 Å². The van der Waals surface area contributed by atoms with Crippen molar-refractivity contribution in [3.8, 4) is 0 Å². The van der Waals surface area contributed by atoms with E-state index in [2.05, 4.69) is 41.5 Å². The highest BCUT2D eigenvalue weighted by atomic mass is 31.2.